The van der Waals surface area contributed by atoms with Crippen LogP contribution in [0.15, 0.2) is 18.2 Å². The maximum atomic E-state index is 13.0. The minimum Gasteiger partial charge on any atom is -0.253 e. The van der Waals surface area contributed by atoms with Gasteiger partial charge >= 0.3 is 10.3 Å². The molecule has 0 saturated heterocycles. The Balaban J connectivity index is 2.74. The molecule has 0 fully saturated rings. The van der Waals surface area contributed by atoms with Crippen molar-refractivity contribution < 1.29 is 17.0 Å². The fourth-order valence-electron chi connectivity index (χ4n) is 0.876. The highest BCUT2D eigenvalue weighted by atomic mass is 32.2. The summed E-state index contributed by atoms with van der Waals surface area (Å²) in [5, 5.41) is 4.61. The first-order valence-electron chi connectivity index (χ1n) is 3.80. The number of benzene rings is 1. The topological polar surface area (TPSA) is 69.4 Å². The number of nitrogens with two attached hydrogens (primary N) is 1. The van der Waals surface area contributed by atoms with Gasteiger partial charge in [-0.1, -0.05) is 12.1 Å². The van der Waals surface area contributed by atoms with Gasteiger partial charge in [-0.2, -0.15) is 8.42 Å². The monoisotopic (exact) mass is 219 g/mol. The van der Waals surface area contributed by atoms with Crippen LogP contribution in [0.3, 0.4) is 0 Å². The second-order valence-corrected chi connectivity index (χ2v) is 4.06. The van der Waals surface area contributed by atoms with E-state index in [-0.39, 0.29) is 6.61 Å². The largest absolute Gasteiger partial charge is 0.333 e. The molecule has 0 heterocycles. The quantitative estimate of drug-likeness (QED) is 0.819. The summed E-state index contributed by atoms with van der Waals surface area (Å²) in [6.45, 7) is 1.36. The lowest BCUT2D eigenvalue weighted by atomic mass is 10.1. The SMILES string of the molecule is Cc1ccc(COS(N)(=O)=O)cc1F. The maximum absolute atomic E-state index is 13.0. The minimum atomic E-state index is -3.97. The molecule has 0 aliphatic carbocycles. The molecule has 78 valence electrons. The molecule has 4 nitrogen and oxygen atoms in total. The van der Waals surface area contributed by atoms with Crippen LogP contribution in [0, 0.1) is 12.7 Å². The molecule has 0 unspecified atom stereocenters. The highest BCUT2D eigenvalue weighted by molar-refractivity contribution is 7.84. The number of aryl methyl sites for hydroxylation is 1. The van der Waals surface area contributed by atoms with E-state index in [4.69, 9.17) is 0 Å². The van der Waals surface area contributed by atoms with Gasteiger partial charge in [0.2, 0.25) is 0 Å². The molecular formula is C8H10FNO3S. The van der Waals surface area contributed by atoms with Crippen LogP contribution >= 0.6 is 0 Å². The van der Waals surface area contributed by atoms with E-state index in [1.165, 1.54) is 12.1 Å². The number of hydrogen-bond donors (Lipinski definition) is 1. The van der Waals surface area contributed by atoms with Crippen molar-refractivity contribution in [1.29, 1.82) is 0 Å². The molecular weight excluding hydrogens is 209 g/mol. The Morgan fingerprint density at radius 3 is 2.64 bits per heavy atom. The van der Waals surface area contributed by atoms with Gasteiger partial charge in [0.1, 0.15) is 5.82 Å². The van der Waals surface area contributed by atoms with Crippen molar-refractivity contribution in [2.45, 2.75) is 13.5 Å². The second kappa shape index (κ2) is 4.04. The zero-order chi connectivity index (χ0) is 10.8. The predicted octanol–water partition coefficient (Wildman–Crippen LogP) is 0.854. The van der Waals surface area contributed by atoms with Crippen LogP contribution in [0.2, 0.25) is 0 Å². The van der Waals surface area contributed by atoms with Gasteiger partial charge in [-0.05, 0) is 24.1 Å². The van der Waals surface area contributed by atoms with Crippen molar-refractivity contribution in [3.8, 4) is 0 Å². The van der Waals surface area contributed by atoms with Crippen LogP contribution in [0.1, 0.15) is 11.1 Å². The standard InChI is InChI=1S/C8H10FNO3S/c1-6-2-3-7(4-8(6)9)5-13-14(10,11)12/h2-4H,5H2,1H3,(H2,10,11,12). The first-order valence-corrected chi connectivity index (χ1v) is 5.28. The smallest absolute Gasteiger partial charge is 0.253 e. The molecule has 0 bridgehead atoms. The molecule has 1 rings (SSSR count). The highest BCUT2D eigenvalue weighted by Crippen LogP contribution is 2.10. The van der Waals surface area contributed by atoms with E-state index < -0.39 is 16.1 Å². The molecule has 0 amide bonds. The summed E-state index contributed by atoms with van der Waals surface area (Å²) >= 11 is 0. The Bertz CT molecular complexity index is 430. The molecule has 0 spiro atoms. The van der Waals surface area contributed by atoms with Gasteiger partial charge in [0.25, 0.3) is 0 Å². The molecule has 0 radical (unpaired) electrons. The van der Waals surface area contributed by atoms with E-state index in [9.17, 15) is 12.8 Å². The first kappa shape index (κ1) is 11.1. The lowest BCUT2D eigenvalue weighted by Gasteiger charge is -2.02. The zero-order valence-corrected chi connectivity index (χ0v) is 8.34. The van der Waals surface area contributed by atoms with Crippen molar-refractivity contribution in [1.82, 2.24) is 0 Å². The molecule has 6 heteroatoms. The summed E-state index contributed by atoms with van der Waals surface area (Å²) in [7, 11) is -3.97. The van der Waals surface area contributed by atoms with Crippen molar-refractivity contribution >= 4 is 10.3 Å². The molecule has 2 N–H and O–H groups in total. The van der Waals surface area contributed by atoms with Gasteiger partial charge in [0.05, 0.1) is 6.61 Å². The fraction of sp³-hybridized carbons (Fsp3) is 0.250. The van der Waals surface area contributed by atoms with E-state index in [1.54, 1.807) is 13.0 Å². The molecule has 1 aromatic carbocycles. The Hall–Kier alpha value is -0.980. The number of hydrogen-bond acceptors (Lipinski definition) is 3. The van der Waals surface area contributed by atoms with E-state index in [2.05, 4.69) is 9.32 Å². The molecule has 0 atom stereocenters. The van der Waals surface area contributed by atoms with E-state index in [0.29, 0.717) is 11.1 Å². The maximum Gasteiger partial charge on any atom is 0.333 e. The van der Waals surface area contributed by atoms with Crippen LogP contribution in [-0.4, -0.2) is 8.42 Å². The molecule has 0 aliphatic heterocycles. The molecule has 1 aromatic rings. The highest BCUT2D eigenvalue weighted by Gasteiger charge is 2.04. The van der Waals surface area contributed by atoms with Gasteiger partial charge in [0.15, 0.2) is 0 Å². The summed E-state index contributed by atoms with van der Waals surface area (Å²) in [4.78, 5) is 0. The Morgan fingerprint density at radius 2 is 2.14 bits per heavy atom. The summed E-state index contributed by atoms with van der Waals surface area (Å²) in [5.74, 6) is -0.402. The van der Waals surface area contributed by atoms with Crippen LogP contribution in [0.25, 0.3) is 0 Å². The number of halogens is 1. The number of rotatable bonds is 3. The van der Waals surface area contributed by atoms with Crippen LogP contribution in [0.4, 0.5) is 4.39 Å². The summed E-state index contributed by atoms with van der Waals surface area (Å²) in [6.07, 6.45) is 0. The summed E-state index contributed by atoms with van der Waals surface area (Å²) < 4.78 is 38.1. The normalized spacial score (nSPS) is 11.6. The first-order chi connectivity index (χ1) is 6.38. The predicted molar refractivity (Wildman–Crippen MR) is 49.0 cm³/mol. The fourth-order valence-corrected chi connectivity index (χ4v) is 1.18. The molecule has 0 aromatic heterocycles. The van der Waals surface area contributed by atoms with Crippen molar-refractivity contribution in [2.24, 2.45) is 5.14 Å². The third kappa shape index (κ3) is 3.41. The van der Waals surface area contributed by atoms with Crippen molar-refractivity contribution in [2.75, 3.05) is 0 Å². The third-order valence-corrected chi connectivity index (χ3v) is 2.07. The molecule has 0 saturated carbocycles. The van der Waals surface area contributed by atoms with E-state index >= 15 is 0 Å². The average molecular weight is 219 g/mol. The Labute approximate surface area is 81.8 Å². The minimum absolute atomic E-state index is 0.254. The van der Waals surface area contributed by atoms with Crippen molar-refractivity contribution in [3.63, 3.8) is 0 Å². The van der Waals surface area contributed by atoms with Gasteiger partial charge < -0.3 is 0 Å². The van der Waals surface area contributed by atoms with E-state index in [1.807, 2.05) is 0 Å². The van der Waals surface area contributed by atoms with E-state index in [0.717, 1.165) is 0 Å². The summed E-state index contributed by atoms with van der Waals surface area (Å²) in [5.41, 5.74) is 0.909. The van der Waals surface area contributed by atoms with Crippen LogP contribution in [0.5, 0.6) is 0 Å². The second-order valence-electron chi connectivity index (χ2n) is 2.84. The van der Waals surface area contributed by atoms with Crippen LogP contribution < -0.4 is 5.14 Å². The van der Waals surface area contributed by atoms with Gasteiger partial charge in [-0.3, -0.25) is 4.18 Å². The van der Waals surface area contributed by atoms with Gasteiger partial charge in [-0.15, -0.1) is 0 Å². The molecule has 14 heavy (non-hydrogen) atoms. The third-order valence-electron chi connectivity index (χ3n) is 1.63. The zero-order valence-electron chi connectivity index (χ0n) is 7.53. The lowest BCUT2D eigenvalue weighted by molar-refractivity contribution is 0.308. The van der Waals surface area contributed by atoms with Gasteiger partial charge in [-0.25, -0.2) is 9.53 Å². The summed E-state index contributed by atoms with van der Waals surface area (Å²) in [6, 6.07) is 4.32. The van der Waals surface area contributed by atoms with Crippen molar-refractivity contribution in [3.05, 3.63) is 35.1 Å². The molecule has 0 aliphatic rings. The average Bonchev–Trinajstić information content (AvgIpc) is 2.06. The van der Waals surface area contributed by atoms with Crippen LogP contribution in [-0.2, 0) is 21.1 Å². The lowest BCUT2D eigenvalue weighted by Crippen LogP contribution is -2.15. The Kier molecular flexibility index (Phi) is 3.20. The Morgan fingerprint density at radius 1 is 1.50 bits per heavy atom. The van der Waals surface area contributed by atoms with Gasteiger partial charge in [0, 0.05) is 0 Å².